The molecular formula is C17H18ClN3O4S2. The van der Waals surface area contributed by atoms with Crippen LogP contribution in [0.1, 0.15) is 22.2 Å². The van der Waals surface area contributed by atoms with Crippen molar-refractivity contribution >= 4 is 44.6 Å². The number of morpholine rings is 1. The molecule has 1 amide bonds. The number of sulfonamides is 1. The van der Waals surface area contributed by atoms with Crippen LogP contribution in [0.2, 0.25) is 4.34 Å². The normalized spacial score (nSPS) is 16.3. The zero-order chi connectivity index (χ0) is 19.4. The lowest BCUT2D eigenvalue weighted by atomic mass is 10.2. The summed E-state index contributed by atoms with van der Waals surface area (Å²) in [5.74, 6) is -0.490. The van der Waals surface area contributed by atoms with Crippen molar-refractivity contribution in [2.24, 2.45) is 5.10 Å². The first-order valence-electron chi connectivity index (χ1n) is 8.16. The van der Waals surface area contributed by atoms with Gasteiger partial charge in [0.25, 0.3) is 5.91 Å². The average molecular weight is 428 g/mol. The Morgan fingerprint density at radius 1 is 1.26 bits per heavy atom. The van der Waals surface area contributed by atoms with Crippen LogP contribution >= 0.6 is 22.9 Å². The molecule has 144 valence electrons. The van der Waals surface area contributed by atoms with Gasteiger partial charge in [0.2, 0.25) is 10.0 Å². The van der Waals surface area contributed by atoms with Gasteiger partial charge in [0.15, 0.2) is 0 Å². The maximum atomic E-state index is 12.7. The molecule has 1 N–H and O–H groups in total. The lowest BCUT2D eigenvalue weighted by Crippen LogP contribution is -2.40. The number of nitrogens with zero attached hydrogens (tertiary/aromatic N) is 2. The third-order valence-electron chi connectivity index (χ3n) is 3.96. The Kier molecular flexibility index (Phi) is 6.28. The minimum Gasteiger partial charge on any atom is -0.379 e. The van der Waals surface area contributed by atoms with Crippen LogP contribution in [0, 0.1) is 0 Å². The van der Waals surface area contributed by atoms with E-state index >= 15 is 0 Å². The average Bonchev–Trinajstić information content (AvgIpc) is 3.13. The lowest BCUT2D eigenvalue weighted by Gasteiger charge is -2.26. The number of ether oxygens (including phenoxy) is 1. The molecule has 0 saturated carbocycles. The topological polar surface area (TPSA) is 88.1 Å². The predicted molar refractivity (Wildman–Crippen MR) is 105 cm³/mol. The third-order valence-corrected chi connectivity index (χ3v) is 7.19. The number of halogens is 1. The monoisotopic (exact) mass is 427 g/mol. The Morgan fingerprint density at radius 2 is 2.00 bits per heavy atom. The number of benzene rings is 1. The first-order chi connectivity index (χ1) is 12.9. The van der Waals surface area contributed by atoms with Gasteiger partial charge in [0, 0.05) is 18.7 Å². The van der Waals surface area contributed by atoms with Crippen LogP contribution in [0.3, 0.4) is 0 Å². The van der Waals surface area contributed by atoms with E-state index < -0.39 is 15.9 Å². The summed E-state index contributed by atoms with van der Waals surface area (Å²) in [7, 11) is -3.67. The van der Waals surface area contributed by atoms with Crippen LogP contribution in [-0.2, 0) is 14.8 Å². The van der Waals surface area contributed by atoms with E-state index in [1.54, 1.807) is 19.1 Å². The molecule has 0 bridgehead atoms. The van der Waals surface area contributed by atoms with Crippen LogP contribution < -0.4 is 5.43 Å². The van der Waals surface area contributed by atoms with E-state index in [9.17, 15) is 13.2 Å². The van der Waals surface area contributed by atoms with Crippen molar-refractivity contribution in [3.05, 3.63) is 51.2 Å². The van der Waals surface area contributed by atoms with E-state index in [2.05, 4.69) is 10.5 Å². The molecule has 1 aromatic heterocycles. The van der Waals surface area contributed by atoms with Crippen molar-refractivity contribution in [1.82, 2.24) is 9.73 Å². The smallest absolute Gasteiger partial charge is 0.271 e. The quantitative estimate of drug-likeness (QED) is 0.586. The summed E-state index contributed by atoms with van der Waals surface area (Å²) in [4.78, 5) is 13.3. The number of thiophene rings is 1. The van der Waals surface area contributed by atoms with E-state index in [-0.39, 0.29) is 10.5 Å². The molecule has 2 heterocycles. The van der Waals surface area contributed by atoms with E-state index in [1.807, 2.05) is 6.07 Å². The molecule has 1 aromatic carbocycles. The number of amides is 1. The molecule has 2 aromatic rings. The second kappa shape index (κ2) is 8.49. The summed E-state index contributed by atoms with van der Waals surface area (Å²) in [6, 6.07) is 9.48. The van der Waals surface area contributed by atoms with Crippen LogP contribution in [0.4, 0.5) is 0 Å². The molecule has 1 fully saturated rings. The van der Waals surface area contributed by atoms with E-state index in [1.165, 1.54) is 33.8 Å². The summed E-state index contributed by atoms with van der Waals surface area (Å²) in [5.41, 5.74) is 3.27. The molecule has 10 heteroatoms. The lowest BCUT2D eigenvalue weighted by molar-refractivity contribution is 0.0730. The molecule has 3 rings (SSSR count). The number of nitrogens with one attached hydrogen (secondary N) is 1. The van der Waals surface area contributed by atoms with Crippen molar-refractivity contribution in [3.63, 3.8) is 0 Å². The Hall–Kier alpha value is -1.78. The Labute approximate surface area is 166 Å². The van der Waals surface area contributed by atoms with Crippen LogP contribution in [0.5, 0.6) is 0 Å². The largest absolute Gasteiger partial charge is 0.379 e. The summed E-state index contributed by atoms with van der Waals surface area (Å²) in [5, 5.41) is 4.06. The first kappa shape index (κ1) is 20.0. The number of carbonyl (C=O) groups excluding carboxylic acids is 1. The van der Waals surface area contributed by atoms with Gasteiger partial charge < -0.3 is 4.74 Å². The van der Waals surface area contributed by atoms with E-state index in [4.69, 9.17) is 16.3 Å². The summed E-state index contributed by atoms with van der Waals surface area (Å²) in [6.07, 6.45) is 0. The maximum absolute atomic E-state index is 12.7. The van der Waals surface area contributed by atoms with Gasteiger partial charge in [-0.15, -0.1) is 11.3 Å². The van der Waals surface area contributed by atoms with Gasteiger partial charge in [-0.1, -0.05) is 17.7 Å². The molecule has 0 unspecified atom stereocenters. The Bertz CT molecular complexity index is 966. The molecule has 27 heavy (non-hydrogen) atoms. The standard InChI is InChI=1S/C17H18ClN3O4S2/c1-12(15-5-6-16(18)26-15)19-20-17(22)13-3-2-4-14(11-13)27(23,24)21-7-9-25-10-8-21/h2-6,11H,7-10H2,1H3,(H,20,22)/b19-12+. The highest BCUT2D eigenvalue weighted by Crippen LogP contribution is 2.22. The Morgan fingerprint density at radius 3 is 2.67 bits per heavy atom. The third kappa shape index (κ3) is 4.74. The van der Waals surface area contributed by atoms with Crippen LogP contribution in [-0.4, -0.2) is 50.6 Å². The second-order valence-electron chi connectivity index (χ2n) is 5.79. The zero-order valence-corrected chi connectivity index (χ0v) is 16.9. The van der Waals surface area contributed by atoms with Crippen molar-refractivity contribution < 1.29 is 17.9 Å². The van der Waals surface area contributed by atoms with Crippen LogP contribution in [0.25, 0.3) is 0 Å². The van der Waals surface area contributed by atoms with Gasteiger partial charge in [-0.2, -0.15) is 9.41 Å². The molecule has 1 saturated heterocycles. The summed E-state index contributed by atoms with van der Waals surface area (Å²) in [6.45, 7) is 3.07. The van der Waals surface area contributed by atoms with Gasteiger partial charge in [0.05, 0.1) is 33.0 Å². The number of rotatable bonds is 5. The minimum absolute atomic E-state index is 0.0720. The molecule has 1 aliphatic heterocycles. The molecule has 0 aliphatic carbocycles. The van der Waals surface area contributed by atoms with Crippen molar-refractivity contribution in [2.45, 2.75) is 11.8 Å². The van der Waals surface area contributed by atoms with Crippen molar-refractivity contribution in [2.75, 3.05) is 26.3 Å². The van der Waals surface area contributed by atoms with Gasteiger partial charge in [-0.05, 0) is 37.3 Å². The fourth-order valence-corrected chi connectivity index (χ4v) is 4.94. The Balaban J connectivity index is 1.75. The van der Waals surface area contributed by atoms with Crippen molar-refractivity contribution in [1.29, 1.82) is 0 Å². The number of hydrogen-bond acceptors (Lipinski definition) is 6. The van der Waals surface area contributed by atoms with Gasteiger partial charge in [-0.25, -0.2) is 13.8 Å². The number of carbonyl (C=O) groups is 1. The molecule has 1 aliphatic rings. The SMILES string of the molecule is C/C(=N\NC(=O)c1cccc(S(=O)(=O)N2CCOCC2)c1)c1ccc(Cl)s1. The second-order valence-corrected chi connectivity index (χ2v) is 9.44. The molecule has 0 atom stereocenters. The van der Waals surface area contributed by atoms with Gasteiger partial charge in [0.1, 0.15) is 0 Å². The molecule has 0 spiro atoms. The fraction of sp³-hybridized carbons (Fsp3) is 0.294. The number of hydrazone groups is 1. The molecule has 7 nitrogen and oxygen atoms in total. The van der Waals surface area contributed by atoms with Crippen LogP contribution in [0.15, 0.2) is 46.4 Å². The summed E-state index contributed by atoms with van der Waals surface area (Å²) < 4.78 is 32.6. The first-order valence-corrected chi connectivity index (χ1v) is 10.8. The van der Waals surface area contributed by atoms with E-state index in [0.29, 0.717) is 36.4 Å². The highest BCUT2D eigenvalue weighted by Gasteiger charge is 2.26. The highest BCUT2D eigenvalue weighted by atomic mass is 35.5. The zero-order valence-electron chi connectivity index (χ0n) is 14.5. The molecule has 0 radical (unpaired) electrons. The molecular weight excluding hydrogens is 410 g/mol. The van der Waals surface area contributed by atoms with Crippen molar-refractivity contribution in [3.8, 4) is 0 Å². The minimum atomic E-state index is -3.67. The maximum Gasteiger partial charge on any atom is 0.271 e. The van der Waals surface area contributed by atoms with E-state index in [0.717, 1.165) is 4.88 Å². The highest BCUT2D eigenvalue weighted by molar-refractivity contribution is 7.89. The van der Waals surface area contributed by atoms with Gasteiger partial charge >= 0.3 is 0 Å². The summed E-state index contributed by atoms with van der Waals surface area (Å²) >= 11 is 7.25. The van der Waals surface area contributed by atoms with Gasteiger partial charge in [-0.3, -0.25) is 4.79 Å². The predicted octanol–water partition coefficient (Wildman–Crippen LogP) is 2.58. The number of hydrogen-bond donors (Lipinski definition) is 1. The fourth-order valence-electron chi connectivity index (χ4n) is 2.50.